The van der Waals surface area contributed by atoms with E-state index in [1.54, 1.807) is 11.8 Å². The summed E-state index contributed by atoms with van der Waals surface area (Å²) in [6, 6.07) is 22.7. The van der Waals surface area contributed by atoms with Gasteiger partial charge in [0.05, 0.1) is 23.8 Å². The summed E-state index contributed by atoms with van der Waals surface area (Å²) in [5.41, 5.74) is 9.99. The summed E-state index contributed by atoms with van der Waals surface area (Å²) in [6.07, 6.45) is -7.32. The number of hydrogen-bond donors (Lipinski definition) is 3. The molecule has 9 atom stereocenters. The molecule has 0 aliphatic carbocycles. The molecule has 306 valence electrons. The zero-order valence-corrected chi connectivity index (χ0v) is 33.9. The van der Waals surface area contributed by atoms with E-state index in [9.17, 15) is 24.3 Å². The Labute approximate surface area is 341 Å². The number of aliphatic hydroxyl groups excluding tert-OH is 1. The normalized spacial score (nSPS) is 25.8. The Bertz CT molecular complexity index is 1900. The average molecular weight is 825 g/mol. The predicted molar refractivity (Wildman–Crippen MR) is 214 cm³/mol. The molecule has 5 rings (SSSR count). The van der Waals surface area contributed by atoms with E-state index in [-0.39, 0.29) is 42.7 Å². The second kappa shape index (κ2) is 20.2. The molecular weight excluding hydrogens is 777 g/mol. The average Bonchev–Trinajstić information content (AvgIpc) is 3.16. The van der Waals surface area contributed by atoms with E-state index in [4.69, 9.17) is 51.1 Å². The summed E-state index contributed by atoms with van der Waals surface area (Å²) >= 11 is 7.39. The van der Waals surface area contributed by atoms with Crippen LogP contribution in [0.15, 0.2) is 77.7 Å². The molecule has 0 radical (unpaired) electrons. The van der Waals surface area contributed by atoms with Gasteiger partial charge in [-0.2, -0.15) is 0 Å². The highest BCUT2D eigenvalue weighted by atomic mass is 32.2. The first kappa shape index (κ1) is 43.5. The van der Waals surface area contributed by atoms with Gasteiger partial charge in [0.1, 0.15) is 18.8 Å². The minimum atomic E-state index is -1.30. The zero-order chi connectivity index (χ0) is 41.2. The van der Waals surface area contributed by atoms with Gasteiger partial charge in [-0.25, -0.2) is 0 Å². The number of carbonyl (C=O) groups excluding carboxylic acids is 4. The number of hydrogen-bond acceptors (Lipinski definition) is 15. The third-order valence-corrected chi connectivity index (χ3v) is 10.8. The zero-order valence-electron chi connectivity index (χ0n) is 32.3. The summed E-state index contributed by atoms with van der Waals surface area (Å²) in [6.45, 7) is 6.38. The first-order valence-corrected chi connectivity index (χ1v) is 19.8. The molecule has 3 aromatic carbocycles. The molecule has 2 saturated heterocycles. The van der Waals surface area contributed by atoms with Crippen LogP contribution in [0.1, 0.15) is 70.1 Å². The van der Waals surface area contributed by atoms with Crippen molar-refractivity contribution in [1.82, 2.24) is 0 Å². The van der Waals surface area contributed by atoms with Crippen LogP contribution in [0.4, 0.5) is 11.4 Å². The van der Waals surface area contributed by atoms with Crippen LogP contribution < -0.4 is 11.1 Å². The smallest absolute Gasteiger partial charge is 0.303 e. The van der Waals surface area contributed by atoms with Crippen LogP contribution in [-0.2, 0) is 58.9 Å². The number of nitrogen functional groups attached to an aromatic ring is 1. The SMILES string of the molecule is CC(=O)OCC1OC(CC(=S)Nc2cccc(C3OC(CSc4ccccc4N)C(C)C(c4ccc(CO)cc4)O3)c2)C(OC(C)=O)C(OC(C)=O)C1OC(C)=O. The molecule has 2 heterocycles. The van der Waals surface area contributed by atoms with Crippen LogP contribution in [0, 0.1) is 5.92 Å². The summed E-state index contributed by atoms with van der Waals surface area (Å²) < 4.78 is 41.4. The second-order valence-electron chi connectivity index (χ2n) is 13.8. The minimum absolute atomic E-state index is 0.0413. The number of thiocarbonyl (C=S) groups is 1. The minimum Gasteiger partial charge on any atom is -0.463 e. The van der Waals surface area contributed by atoms with Crippen LogP contribution in [0.25, 0.3) is 0 Å². The van der Waals surface area contributed by atoms with Gasteiger partial charge >= 0.3 is 23.9 Å². The summed E-state index contributed by atoms with van der Waals surface area (Å²) in [7, 11) is 0. The number of esters is 4. The Morgan fingerprint density at radius 3 is 2.05 bits per heavy atom. The van der Waals surface area contributed by atoms with Gasteiger partial charge in [0.25, 0.3) is 0 Å². The lowest BCUT2D eigenvalue weighted by molar-refractivity contribution is -0.268. The second-order valence-corrected chi connectivity index (χ2v) is 15.3. The molecule has 2 aliphatic rings. The highest BCUT2D eigenvalue weighted by Gasteiger charge is 2.52. The largest absolute Gasteiger partial charge is 0.463 e. The number of carbonyl (C=O) groups is 4. The molecule has 14 nitrogen and oxygen atoms in total. The fourth-order valence-corrected chi connectivity index (χ4v) is 8.15. The molecule has 2 fully saturated rings. The molecule has 3 aromatic rings. The fourth-order valence-electron chi connectivity index (χ4n) is 6.73. The quantitative estimate of drug-likeness (QED) is 0.0598. The predicted octanol–water partition coefficient (Wildman–Crippen LogP) is 5.60. The van der Waals surface area contributed by atoms with E-state index in [2.05, 4.69) is 12.2 Å². The van der Waals surface area contributed by atoms with Gasteiger partial charge < -0.3 is 49.3 Å². The molecular formula is C41H48N2O12S2. The summed E-state index contributed by atoms with van der Waals surface area (Å²) in [5.74, 6) is -2.20. The third kappa shape index (κ3) is 12.0. The van der Waals surface area contributed by atoms with Crippen molar-refractivity contribution in [3.8, 4) is 0 Å². The van der Waals surface area contributed by atoms with Gasteiger partial charge in [-0.05, 0) is 35.4 Å². The number of ether oxygens (including phenoxy) is 7. The maximum absolute atomic E-state index is 12.3. The number of nitrogens with one attached hydrogen (secondary N) is 1. The van der Waals surface area contributed by atoms with Crippen LogP contribution in [-0.4, -0.2) is 83.0 Å². The highest BCUT2D eigenvalue weighted by molar-refractivity contribution is 7.99. The van der Waals surface area contributed by atoms with Gasteiger partial charge in [0.15, 0.2) is 24.6 Å². The number of thioether (sulfide) groups is 1. The van der Waals surface area contributed by atoms with E-state index in [0.717, 1.165) is 29.9 Å². The number of rotatable bonds is 14. The van der Waals surface area contributed by atoms with Crippen molar-refractivity contribution < 1.29 is 57.4 Å². The van der Waals surface area contributed by atoms with Crippen LogP contribution in [0.5, 0.6) is 0 Å². The van der Waals surface area contributed by atoms with Crippen LogP contribution >= 0.6 is 24.0 Å². The maximum Gasteiger partial charge on any atom is 0.303 e. The highest BCUT2D eigenvalue weighted by Crippen LogP contribution is 2.44. The lowest BCUT2D eigenvalue weighted by atomic mass is 9.91. The molecule has 0 spiro atoms. The van der Waals surface area contributed by atoms with Crippen molar-refractivity contribution in [1.29, 1.82) is 0 Å². The molecule has 9 unspecified atom stereocenters. The van der Waals surface area contributed by atoms with Crippen molar-refractivity contribution in [2.45, 2.75) is 102 Å². The molecule has 4 N–H and O–H groups in total. The van der Waals surface area contributed by atoms with E-state index < -0.39 is 60.7 Å². The molecule has 0 saturated carbocycles. The third-order valence-electron chi connectivity index (χ3n) is 9.36. The fraction of sp³-hybridized carbons (Fsp3) is 0.439. The molecule has 2 aliphatic heterocycles. The topological polar surface area (TPSA) is 191 Å². The van der Waals surface area contributed by atoms with Gasteiger partial charge in [0.2, 0.25) is 0 Å². The molecule has 0 amide bonds. The van der Waals surface area contributed by atoms with Gasteiger partial charge in [0, 0.05) is 67.6 Å². The lowest BCUT2D eigenvalue weighted by Crippen LogP contribution is -2.62. The first-order valence-electron chi connectivity index (χ1n) is 18.4. The Morgan fingerprint density at radius 2 is 1.42 bits per heavy atom. The van der Waals surface area contributed by atoms with Gasteiger partial charge in [-0.15, -0.1) is 11.8 Å². The maximum atomic E-state index is 12.3. The Kier molecular flexibility index (Phi) is 15.4. The van der Waals surface area contributed by atoms with Crippen molar-refractivity contribution in [2.24, 2.45) is 5.92 Å². The van der Waals surface area contributed by atoms with Gasteiger partial charge in [-0.3, -0.25) is 19.2 Å². The summed E-state index contributed by atoms with van der Waals surface area (Å²) in [4.78, 5) is 49.6. The number of anilines is 2. The van der Waals surface area contributed by atoms with Gasteiger partial charge in [-0.1, -0.05) is 67.7 Å². The van der Waals surface area contributed by atoms with Crippen LogP contribution in [0.2, 0.25) is 0 Å². The van der Waals surface area contributed by atoms with Crippen LogP contribution in [0.3, 0.4) is 0 Å². The Balaban J connectivity index is 1.37. The monoisotopic (exact) mass is 824 g/mol. The lowest BCUT2D eigenvalue weighted by Gasteiger charge is -2.44. The van der Waals surface area contributed by atoms with E-state index in [0.29, 0.717) is 22.7 Å². The number of nitrogens with two attached hydrogens (primary N) is 1. The molecule has 0 bridgehead atoms. The molecule has 0 aromatic heterocycles. The first-order chi connectivity index (χ1) is 27.2. The number of aliphatic hydroxyl groups is 1. The number of benzene rings is 3. The number of para-hydroxylation sites is 1. The Morgan fingerprint density at radius 1 is 0.772 bits per heavy atom. The van der Waals surface area contributed by atoms with E-state index in [1.165, 1.54) is 13.8 Å². The van der Waals surface area contributed by atoms with E-state index >= 15 is 0 Å². The van der Waals surface area contributed by atoms with Crippen molar-refractivity contribution in [3.05, 3.63) is 89.5 Å². The summed E-state index contributed by atoms with van der Waals surface area (Å²) in [5, 5.41) is 12.8. The van der Waals surface area contributed by atoms with E-state index in [1.807, 2.05) is 72.8 Å². The van der Waals surface area contributed by atoms with Crippen molar-refractivity contribution >= 4 is 64.2 Å². The van der Waals surface area contributed by atoms with Crippen molar-refractivity contribution in [3.63, 3.8) is 0 Å². The standard InChI is InChI=1S/C41H48N2O12S2/c1-22-34(21-57-35-12-7-6-11-31(35)42)54-41(55-37(22)28-15-13-27(19-44)14-16-28)29-9-8-10-30(17-29)43-36(56)18-32-38(50-24(3)46)40(52-26(5)48)39(51-25(4)47)33(53-32)20-49-23(2)45/h6-17,22,32-34,37-41,44H,18-21,42H2,1-5H3,(H,43,56). The molecule has 16 heteroatoms. The van der Waals surface area contributed by atoms with Crippen molar-refractivity contribution in [2.75, 3.05) is 23.4 Å². The molecule has 57 heavy (non-hydrogen) atoms. The Hall–Kier alpha value is -4.58.